The fourth-order valence-corrected chi connectivity index (χ4v) is 5.24. The molecule has 1 aromatic rings. The minimum Gasteiger partial charge on any atom is -0.478 e. The first kappa shape index (κ1) is 11.4. The molecule has 0 saturated heterocycles. The number of hydrogen-bond acceptors (Lipinski definition) is 2. The predicted octanol–water partition coefficient (Wildman–Crippen LogP) is 3.32. The number of pyridine rings is 1. The smallest absolute Gasteiger partial charge is 0.337 e. The van der Waals surface area contributed by atoms with Crippen molar-refractivity contribution in [3.63, 3.8) is 0 Å². The maximum Gasteiger partial charge on any atom is 0.337 e. The lowest BCUT2D eigenvalue weighted by atomic mass is 9.51. The van der Waals surface area contributed by atoms with Crippen molar-refractivity contribution >= 4 is 5.97 Å². The van der Waals surface area contributed by atoms with Crippen molar-refractivity contribution in [1.82, 2.24) is 4.98 Å². The van der Waals surface area contributed by atoms with Crippen LogP contribution >= 0.6 is 0 Å². The highest BCUT2D eigenvalue weighted by Gasteiger charge is 2.49. The lowest BCUT2D eigenvalue weighted by Gasteiger charge is -2.54. The molecule has 1 heterocycles. The first-order valence-electron chi connectivity index (χ1n) is 7.40. The van der Waals surface area contributed by atoms with Crippen molar-refractivity contribution in [3.05, 3.63) is 29.6 Å². The van der Waals surface area contributed by atoms with Gasteiger partial charge in [0.05, 0.1) is 11.3 Å². The molecule has 1 aromatic heterocycles. The molecule has 100 valence electrons. The maximum atomic E-state index is 11.4. The van der Waals surface area contributed by atoms with E-state index in [9.17, 15) is 9.90 Å². The average Bonchev–Trinajstić information content (AvgIpc) is 2.37. The van der Waals surface area contributed by atoms with Gasteiger partial charge < -0.3 is 5.11 Å². The number of rotatable bonds is 2. The molecule has 0 aromatic carbocycles. The first-order chi connectivity index (χ1) is 9.22. The van der Waals surface area contributed by atoms with Crippen molar-refractivity contribution in [3.8, 4) is 0 Å². The van der Waals surface area contributed by atoms with Crippen LogP contribution in [0.15, 0.2) is 18.3 Å². The van der Waals surface area contributed by atoms with E-state index in [1.54, 1.807) is 18.3 Å². The topological polar surface area (TPSA) is 50.2 Å². The maximum absolute atomic E-state index is 11.4. The summed E-state index contributed by atoms with van der Waals surface area (Å²) in [5, 5.41) is 9.38. The lowest BCUT2D eigenvalue weighted by molar-refractivity contribution is -0.00455. The Morgan fingerprint density at radius 2 is 1.74 bits per heavy atom. The molecule has 0 unspecified atom stereocenters. The van der Waals surface area contributed by atoms with Crippen LogP contribution in [0.5, 0.6) is 0 Å². The number of carbonyl (C=O) groups is 1. The quantitative estimate of drug-likeness (QED) is 0.884. The summed E-state index contributed by atoms with van der Waals surface area (Å²) in [7, 11) is 0. The molecule has 3 nitrogen and oxygen atoms in total. The summed E-state index contributed by atoms with van der Waals surface area (Å²) in [5.74, 6) is 2.77. The van der Waals surface area contributed by atoms with E-state index in [0.717, 1.165) is 17.5 Å². The average molecular weight is 257 g/mol. The van der Waals surface area contributed by atoms with Gasteiger partial charge in [-0.15, -0.1) is 0 Å². The third kappa shape index (κ3) is 1.71. The van der Waals surface area contributed by atoms with E-state index < -0.39 is 5.97 Å². The summed E-state index contributed by atoms with van der Waals surface area (Å²) in [6.45, 7) is 0. The molecule has 5 rings (SSSR count). The van der Waals surface area contributed by atoms with E-state index in [2.05, 4.69) is 4.98 Å². The van der Waals surface area contributed by atoms with Crippen LogP contribution in [-0.2, 0) is 0 Å². The standard InChI is InChI=1S/C16H19NO2/c18-16(19)13-2-1-3-17-15(13)14-11-5-9-4-10(7-11)8-12(14)6-9/h1-3,9-12,14H,4-8H2,(H,18,19). The molecule has 0 radical (unpaired) electrons. The third-order valence-corrected chi connectivity index (χ3v) is 5.61. The molecule has 4 bridgehead atoms. The molecule has 0 aliphatic heterocycles. The molecular weight excluding hydrogens is 238 g/mol. The number of carboxylic acid groups (broad SMARTS) is 1. The molecule has 1 N–H and O–H groups in total. The zero-order valence-electron chi connectivity index (χ0n) is 11.0. The van der Waals surface area contributed by atoms with E-state index in [1.165, 1.54) is 32.1 Å². The first-order valence-corrected chi connectivity index (χ1v) is 7.40. The Kier molecular flexibility index (Phi) is 2.44. The van der Waals surface area contributed by atoms with E-state index in [1.807, 2.05) is 0 Å². The van der Waals surface area contributed by atoms with Crippen LogP contribution in [0.3, 0.4) is 0 Å². The Labute approximate surface area is 113 Å². The second-order valence-electron chi connectivity index (χ2n) is 6.70. The number of aromatic carboxylic acids is 1. The van der Waals surface area contributed by atoms with Crippen molar-refractivity contribution in [1.29, 1.82) is 0 Å². The van der Waals surface area contributed by atoms with Crippen molar-refractivity contribution in [2.24, 2.45) is 23.7 Å². The predicted molar refractivity (Wildman–Crippen MR) is 71.0 cm³/mol. The van der Waals surface area contributed by atoms with Crippen molar-refractivity contribution < 1.29 is 9.90 Å². The van der Waals surface area contributed by atoms with Crippen LogP contribution in [-0.4, -0.2) is 16.1 Å². The van der Waals surface area contributed by atoms with Gasteiger partial charge in [0.15, 0.2) is 0 Å². The highest BCUT2D eigenvalue weighted by atomic mass is 16.4. The second kappa shape index (κ2) is 4.06. The van der Waals surface area contributed by atoms with Gasteiger partial charge in [0, 0.05) is 12.1 Å². The van der Waals surface area contributed by atoms with Gasteiger partial charge in [-0.1, -0.05) is 0 Å². The molecular formula is C16H19NO2. The molecule has 4 saturated carbocycles. The summed E-state index contributed by atoms with van der Waals surface area (Å²) in [6.07, 6.45) is 8.38. The molecule has 4 aliphatic rings. The molecule has 4 fully saturated rings. The Balaban J connectivity index is 1.75. The normalized spacial score (nSPS) is 39.5. The van der Waals surface area contributed by atoms with Crippen LogP contribution in [0.1, 0.15) is 54.1 Å². The number of carboxylic acids is 1. The van der Waals surface area contributed by atoms with Gasteiger partial charge in [-0.3, -0.25) is 4.98 Å². The largest absolute Gasteiger partial charge is 0.478 e. The van der Waals surface area contributed by atoms with Gasteiger partial charge in [0.25, 0.3) is 0 Å². The Bertz CT molecular complexity index is 497. The molecule has 3 heteroatoms. The van der Waals surface area contributed by atoms with E-state index in [0.29, 0.717) is 23.3 Å². The summed E-state index contributed by atoms with van der Waals surface area (Å²) < 4.78 is 0. The van der Waals surface area contributed by atoms with Gasteiger partial charge in [0.2, 0.25) is 0 Å². The summed E-state index contributed by atoms with van der Waals surface area (Å²) in [6, 6.07) is 3.46. The second-order valence-corrected chi connectivity index (χ2v) is 6.70. The number of hydrogen-bond donors (Lipinski definition) is 1. The summed E-state index contributed by atoms with van der Waals surface area (Å²) >= 11 is 0. The van der Waals surface area contributed by atoms with Crippen LogP contribution in [0.2, 0.25) is 0 Å². The van der Waals surface area contributed by atoms with Crippen molar-refractivity contribution in [2.75, 3.05) is 0 Å². The number of aromatic nitrogens is 1. The van der Waals surface area contributed by atoms with E-state index >= 15 is 0 Å². The van der Waals surface area contributed by atoms with Gasteiger partial charge in [-0.25, -0.2) is 4.79 Å². The van der Waals surface area contributed by atoms with Crippen LogP contribution in [0.25, 0.3) is 0 Å². The number of nitrogens with zero attached hydrogens (tertiary/aromatic N) is 1. The van der Waals surface area contributed by atoms with Gasteiger partial charge in [0.1, 0.15) is 0 Å². The van der Waals surface area contributed by atoms with E-state index in [4.69, 9.17) is 0 Å². The highest BCUT2D eigenvalue weighted by molar-refractivity contribution is 5.89. The summed E-state index contributed by atoms with van der Waals surface area (Å²) in [5.41, 5.74) is 1.30. The highest BCUT2D eigenvalue weighted by Crippen LogP contribution is 2.59. The fourth-order valence-electron chi connectivity index (χ4n) is 5.24. The van der Waals surface area contributed by atoms with Crippen LogP contribution < -0.4 is 0 Å². The summed E-state index contributed by atoms with van der Waals surface area (Å²) in [4.78, 5) is 15.9. The molecule has 0 atom stereocenters. The molecule has 0 spiro atoms. The van der Waals surface area contributed by atoms with Gasteiger partial charge in [-0.2, -0.15) is 0 Å². The van der Waals surface area contributed by atoms with Crippen LogP contribution in [0.4, 0.5) is 0 Å². The van der Waals surface area contributed by atoms with Crippen LogP contribution in [0, 0.1) is 23.7 Å². The third-order valence-electron chi connectivity index (χ3n) is 5.61. The van der Waals surface area contributed by atoms with Gasteiger partial charge in [-0.05, 0) is 67.9 Å². The lowest BCUT2D eigenvalue weighted by Crippen LogP contribution is -2.44. The van der Waals surface area contributed by atoms with E-state index in [-0.39, 0.29) is 0 Å². The SMILES string of the molecule is O=C(O)c1cccnc1C1C2CC3CC(C2)CC1C3. The monoisotopic (exact) mass is 257 g/mol. The minimum absolute atomic E-state index is 0.403. The van der Waals surface area contributed by atoms with Crippen molar-refractivity contribution in [2.45, 2.75) is 38.0 Å². The Morgan fingerprint density at radius 3 is 2.32 bits per heavy atom. The molecule has 4 aliphatic carbocycles. The molecule has 19 heavy (non-hydrogen) atoms. The van der Waals surface area contributed by atoms with Gasteiger partial charge >= 0.3 is 5.97 Å². The zero-order valence-corrected chi connectivity index (χ0v) is 11.0. The minimum atomic E-state index is -0.822. The Morgan fingerprint density at radius 1 is 1.11 bits per heavy atom. The Hall–Kier alpha value is -1.38. The molecule has 0 amide bonds. The zero-order chi connectivity index (χ0) is 13.0. The fraction of sp³-hybridized carbons (Fsp3) is 0.625.